The lowest BCUT2D eigenvalue weighted by atomic mass is 10.1. The third kappa shape index (κ3) is 5.66. The van der Waals surface area contributed by atoms with Crippen LogP contribution in [0.25, 0.3) is 5.69 Å². The molecule has 3 rings (SSSR count). The summed E-state index contributed by atoms with van der Waals surface area (Å²) in [4.78, 5) is 14.5. The summed E-state index contributed by atoms with van der Waals surface area (Å²) >= 11 is 0. The Kier molecular flexibility index (Phi) is 6.99. The number of halogens is 1. The summed E-state index contributed by atoms with van der Waals surface area (Å²) in [6.07, 6.45) is 0.802. The fourth-order valence-electron chi connectivity index (χ4n) is 2.99. The first-order valence-corrected chi connectivity index (χ1v) is 9.38. The molecule has 1 aromatic heterocycles. The van der Waals surface area contributed by atoms with Crippen molar-refractivity contribution in [2.24, 2.45) is 5.73 Å². The number of tetrazole rings is 1. The molecule has 1 amide bonds. The number of carbonyl (C=O) groups is 1. The number of nitrogens with zero attached hydrogens (tertiary/aromatic N) is 5. The van der Waals surface area contributed by atoms with Gasteiger partial charge in [0.1, 0.15) is 5.82 Å². The minimum atomic E-state index is -0.525. The molecule has 2 aromatic carbocycles. The summed E-state index contributed by atoms with van der Waals surface area (Å²) < 4.78 is 15.7. The molecule has 0 bridgehead atoms. The van der Waals surface area contributed by atoms with Crippen molar-refractivity contribution in [3.63, 3.8) is 0 Å². The SMILES string of the molecule is Cc1nnnn1-c1ccc(F)c(NC(=O)CN(CCN)CCc2ccccc2)c1. The standard InChI is InChI=1S/C20H24FN7O/c1-15-24-25-26-28(15)17-7-8-18(21)19(13-17)23-20(29)14-27(12-10-22)11-9-16-5-3-2-4-6-16/h2-8,13H,9-12,14,22H2,1H3,(H,23,29). The molecule has 0 aliphatic heterocycles. The van der Waals surface area contributed by atoms with Crippen molar-refractivity contribution in [3.8, 4) is 5.69 Å². The minimum absolute atomic E-state index is 0.0816. The third-order valence-corrected chi connectivity index (χ3v) is 4.47. The van der Waals surface area contributed by atoms with E-state index in [-0.39, 0.29) is 18.1 Å². The van der Waals surface area contributed by atoms with Crippen LogP contribution in [0.5, 0.6) is 0 Å². The number of benzene rings is 2. The number of aromatic nitrogens is 4. The summed E-state index contributed by atoms with van der Waals surface area (Å²) in [5.74, 6) is -0.276. The monoisotopic (exact) mass is 397 g/mol. The van der Waals surface area contributed by atoms with E-state index >= 15 is 0 Å². The van der Waals surface area contributed by atoms with Crippen LogP contribution in [0.15, 0.2) is 48.5 Å². The van der Waals surface area contributed by atoms with Gasteiger partial charge in [0.2, 0.25) is 5.91 Å². The molecule has 0 fully saturated rings. The average molecular weight is 397 g/mol. The van der Waals surface area contributed by atoms with Gasteiger partial charge in [0.05, 0.1) is 17.9 Å². The molecule has 0 radical (unpaired) electrons. The highest BCUT2D eigenvalue weighted by Gasteiger charge is 2.14. The maximum atomic E-state index is 14.2. The van der Waals surface area contributed by atoms with Gasteiger partial charge in [-0.3, -0.25) is 9.69 Å². The van der Waals surface area contributed by atoms with Crippen LogP contribution in [0, 0.1) is 12.7 Å². The normalized spacial score (nSPS) is 11.0. The zero-order valence-corrected chi connectivity index (χ0v) is 16.3. The lowest BCUT2D eigenvalue weighted by Crippen LogP contribution is -2.38. The Morgan fingerprint density at radius 2 is 2.00 bits per heavy atom. The van der Waals surface area contributed by atoms with Gasteiger partial charge in [0.25, 0.3) is 0 Å². The molecule has 8 nitrogen and oxygen atoms in total. The fourth-order valence-corrected chi connectivity index (χ4v) is 2.99. The second kappa shape index (κ2) is 9.85. The number of amides is 1. The molecule has 9 heteroatoms. The Bertz CT molecular complexity index is 945. The second-order valence-corrected chi connectivity index (χ2v) is 6.65. The number of carbonyl (C=O) groups excluding carboxylic acids is 1. The Morgan fingerprint density at radius 1 is 1.21 bits per heavy atom. The van der Waals surface area contributed by atoms with E-state index in [1.165, 1.54) is 22.4 Å². The molecule has 0 aliphatic carbocycles. The van der Waals surface area contributed by atoms with Crippen LogP contribution in [-0.4, -0.2) is 57.2 Å². The average Bonchev–Trinajstić information content (AvgIpc) is 3.15. The van der Waals surface area contributed by atoms with Crippen molar-refractivity contribution in [3.05, 3.63) is 65.7 Å². The van der Waals surface area contributed by atoms with Crippen molar-refractivity contribution in [2.75, 3.05) is 31.5 Å². The molecular weight excluding hydrogens is 373 g/mol. The molecule has 152 valence electrons. The molecular formula is C20H24FN7O. The maximum absolute atomic E-state index is 14.2. The molecule has 0 saturated heterocycles. The first-order valence-electron chi connectivity index (χ1n) is 9.38. The van der Waals surface area contributed by atoms with Crippen LogP contribution in [0.1, 0.15) is 11.4 Å². The second-order valence-electron chi connectivity index (χ2n) is 6.65. The third-order valence-electron chi connectivity index (χ3n) is 4.47. The van der Waals surface area contributed by atoms with E-state index in [0.29, 0.717) is 31.1 Å². The van der Waals surface area contributed by atoms with Crippen molar-refractivity contribution in [1.29, 1.82) is 0 Å². The summed E-state index contributed by atoms with van der Waals surface area (Å²) in [6, 6.07) is 14.4. The van der Waals surface area contributed by atoms with Gasteiger partial charge in [-0.1, -0.05) is 30.3 Å². The molecule has 29 heavy (non-hydrogen) atoms. The van der Waals surface area contributed by atoms with Crippen LogP contribution in [0.4, 0.5) is 10.1 Å². The van der Waals surface area contributed by atoms with E-state index in [2.05, 4.69) is 20.8 Å². The van der Waals surface area contributed by atoms with Crippen molar-refractivity contribution >= 4 is 11.6 Å². The quantitative estimate of drug-likeness (QED) is 0.568. The number of nitrogens with one attached hydrogen (secondary N) is 1. The van der Waals surface area contributed by atoms with Crippen molar-refractivity contribution in [1.82, 2.24) is 25.1 Å². The highest BCUT2D eigenvalue weighted by atomic mass is 19.1. The number of rotatable bonds is 9. The molecule has 0 unspecified atom stereocenters. The summed E-state index contributed by atoms with van der Waals surface area (Å²) in [5, 5.41) is 13.9. The van der Waals surface area contributed by atoms with E-state index in [1.807, 2.05) is 35.2 Å². The number of anilines is 1. The fraction of sp³-hybridized carbons (Fsp3) is 0.300. The Morgan fingerprint density at radius 3 is 2.69 bits per heavy atom. The summed E-state index contributed by atoms with van der Waals surface area (Å²) in [6.45, 7) is 3.55. The predicted octanol–water partition coefficient (Wildman–Crippen LogP) is 1.55. The van der Waals surface area contributed by atoms with E-state index < -0.39 is 5.82 Å². The predicted molar refractivity (Wildman–Crippen MR) is 108 cm³/mol. The highest BCUT2D eigenvalue weighted by molar-refractivity contribution is 5.92. The maximum Gasteiger partial charge on any atom is 0.238 e. The first kappa shape index (κ1) is 20.6. The molecule has 0 saturated carbocycles. The summed E-state index contributed by atoms with van der Waals surface area (Å²) in [5.41, 5.74) is 7.51. The van der Waals surface area contributed by atoms with Gasteiger partial charge in [-0.25, -0.2) is 4.39 Å². The number of hydrogen-bond acceptors (Lipinski definition) is 6. The van der Waals surface area contributed by atoms with E-state index in [9.17, 15) is 9.18 Å². The molecule has 3 aromatic rings. The van der Waals surface area contributed by atoms with Crippen LogP contribution < -0.4 is 11.1 Å². The Balaban J connectivity index is 1.64. The first-order chi connectivity index (χ1) is 14.1. The van der Waals surface area contributed by atoms with Gasteiger partial charge >= 0.3 is 0 Å². The van der Waals surface area contributed by atoms with E-state index in [0.717, 1.165) is 6.42 Å². The lowest BCUT2D eigenvalue weighted by Gasteiger charge is -2.21. The largest absolute Gasteiger partial charge is 0.329 e. The molecule has 0 aliphatic rings. The van der Waals surface area contributed by atoms with Crippen LogP contribution >= 0.6 is 0 Å². The zero-order chi connectivity index (χ0) is 20.6. The van der Waals surface area contributed by atoms with Gasteiger partial charge in [0, 0.05) is 19.6 Å². The molecule has 3 N–H and O–H groups in total. The van der Waals surface area contributed by atoms with E-state index in [4.69, 9.17) is 5.73 Å². The highest BCUT2D eigenvalue weighted by Crippen LogP contribution is 2.19. The van der Waals surface area contributed by atoms with Gasteiger partial charge in [-0.15, -0.1) is 5.10 Å². The van der Waals surface area contributed by atoms with Gasteiger partial charge in [-0.2, -0.15) is 4.68 Å². The van der Waals surface area contributed by atoms with Crippen LogP contribution in [-0.2, 0) is 11.2 Å². The smallest absolute Gasteiger partial charge is 0.238 e. The van der Waals surface area contributed by atoms with E-state index in [1.54, 1.807) is 13.0 Å². The Hall–Kier alpha value is -3.17. The minimum Gasteiger partial charge on any atom is -0.329 e. The summed E-state index contributed by atoms with van der Waals surface area (Å²) in [7, 11) is 0. The zero-order valence-electron chi connectivity index (χ0n) is 16.3. The topological polar surface area (TPSA) is 102 Å². The van der Waals surface area contributed by atoms with Crippen molar-refractivity contribution < 1.29 is 9.18 Å². The number of hydrogen-bond donors (Lipinski definition) is 2. The van der Waals surface area contributed by atoms with Gasteiger partial charge in [-0.05, 0) is 47.5 Å². The van der Waals surface area contributed by atoms with Crippen molar-refractivity contribution in [2.45, 2.75) is 13.3 Å². The van der Waals surface area contributed by atoms with Gasteiger partial charge < -0.3 is 11.1 Å². The molecule has 0 spiro atoms. The van der Waals surface area contributed by atoms with Crippen LogP contribution in [0.2, 0.25) is 0 Å². The van der Waals surface area contributed by atoms with Crippen LogP contribution in [0.3, 0.4) is 0 Å². The lowest BCUT2D eigenvalue weighted by molar-refractivity contribution is -0.117. The molecule has 1 heterocycles. The number of nitrogens with two attached hydrogens (primary N) is 1. The molecule has 0 atom stereocenters. The Labute approximate surface area is 168 Å². The number of aryl methyl sites for hydroxylation is 1. The van der Waals surface area contributed by atoms with Gasteiger partial charge in [0.15, 0.2) is 5.82 Å².